The van der Waals surface area contributed by atoms with Gasteiger partial charge in [-0.3, -0.25) is 18.9 Å². The van der Waals surface area contributed by atoms with Crippen molar-refractivity contribution in [2.75, 3.05) is 14.1 Å². The van der Waals surface area contributed by atoms with E-state index >= 15 is 0 Å². The van der Waals surface area contributed by atoms with Crippen molar-refractivity contribution in [2.45, 2.75) is 12.6 Å². The quantitative estimate of drug-likeness (QED) is 0.716. The van der Waals surface area contributed by atoms with E-state index in [0.29, 0.717) is 17.6 Å². The van der Waals surface area contributed by atoms with Gasteiger partial charge in [0.15, 0.2) is 5.65 Å². The first-order chi connectivity index (χ1) is 10.1. The number of fused-ring (bicyclic) bond motifs is 1. The van der Waals surface area contributed by atoms with Gasteiger partial charge in [0.05, 0.1) is 18.5 Å². The average Bonchev–Trinajstić information content (AvgIpc) is 3.08. The minimum atomic E-state index is -0.0912. The largest absolute Gasteiger partial charge is 0.468 e. The summed E-state index contributed by atoms with van der Waals surface area (Å²) in [5.74, 6) is 0.818. The zero-order valence-electron chi connectivity index (χ0n) is 12.2. The van der Waals surface area contributed by atoms with E-state index in [4.69, 9.17) is 4.42 Å². The van der Waals surface area contributed by atoms with Gasteiger partial charge in [0.25, 0.3) is 5.56 Å². The number of furan rings is 1. The summed E-state index contributed by atoms with van der Waals surface area (Å²) in [6.45, 7) is 0.469. The first-order valence-electron chi connectivity index (χ1n) is 6.65. The van der Waals surface area contributed by atoms with Crippen LogP contribution in [0.15, 0.2) is 40.1 Å². The van der Waals surface area contributed by atoms with E-state index in [1.54, 1.807) is 35.1 Å². The molecule has 21 heavy (non-hydrogen) atoms. The van der Waals surface area contributed by atoms with E-state index in [-0.39, 0.29) is 11.6 Å². The van der Waals surface area contributed by atoms with E-state index < -0.39 is 0 Å². The summed E-state index contributed by atoms with van der Waals surface area (Å²) < 4.78 is 8.66. The van der Waals surface area contributed by atoms with Crippen molar-refractivity contribution in [3.05, 3.63) is 47.0 Å². The van der Waals surface area contributed by atoms with Gasteiger partial charge < -0.3 is 4.42 Å². The Kier molecular flexibility index (Phi) is 3.34. The molecule has 0 aliphatic carbocycles. The van der Waals surface area contributed by atoms with Crippen LogP contribution in [0.5, 0.6) is 0 Å². The molecule has 0 spiro atoms. The van der Waals surface area contributed by atoms with Gasteiger partial charge in [-0.05, 0) is 26.2 Å². The molecule has 0 fully saturated rings. The van der Waals surface area contributed by atoms with E-state index in [0.717, 1.165) is 5.76 Å². The van der Waals surface area contributed by atoms with Crippen molar-refractivity contribution >= 4 is 11.0 Å². The fraction of sp³-hybridized carbons (Fsp3) is 0.357. The second-order valence-corrected chi connectivity index (χ2v) is 5.20. The zero-order chi connectivity index (χ0) is 15.0. The Bertz CT molecular complexity index is 800. The molecule has 1 atom stereocenters. The van der Waals surface area contributed by atoms with Crippen LogP contribution in [0.2, 0.25) is 0 Å². The van der Waals surface area contributed by atoms with Gasteiger partial charge in [0.2, 0.25) is 0 Å². The van der Waals surface area contributed by atoms with Gasteiger partial charge in [0.1, 0.15) is 17.5 Å². The SMILES string of the molecule is CN(C)C(Cn1cnc2c(cnn2C)c1=O)c1ccco1. The number of hydrogen-bond acceptors (Lipinski definition) is 5. The summed E-state index contributed by atoms with van der Waals surface area (Å²) >= 11 is 0. The van der Waals surface area contributed by atoms with Gasteiger partial charge in [0, 0.05) is 13.6 Å². The molecular weight excluding hydrogens is 270 g/mol. The van der Waals surface area contributed by atoms with E-state index in [1.807, 2.05) is 31.1 Å². The molecule has 0 aliphatic rings. The zero-order valence-corrected chi connectivity index (χ0v) is 12.2. The van der Waals surface area contributed by atoms with Crippen LogP contribution in [0.25, 0.3) is 11.0 Å². The lowest BCUT2D eigenvalue weighted by atomic mass is 10.2. The minimum absolute atomic E-state index is 0.0337. The predicted molar refractivity (Wildman–Crippen MR) is 77.9 cm³/mol. The first-order valence-corrected chi connectivity index (χ1v) is 6.65. The standard InChI is InChI=1S/C14H17N5O2/c1-17(2)11(12-5-4-6-21-12)8-19-9-15-13-10(14(19)20)7-16-18(13)3/h4-7,9,11H,8H2,1-3H3. The third-order valence-electron chi connectivity index (χ3n) is 3.58. The van der Waals surface area contributed by atoms with Gasteiger partial charge in [-0.25, -0.2) is 4.98 Å². The topological polar surface area (TPSA) is 69.1 Å². The molecule has 0 radical (unpaired) electrons. The van der Waals surface area contributed by atoms with E-state index in [9.17, 15) is 4.79 Å². The lowest BCUT2D eigenvalue weighted by molar-refractivity contribution is 0.230. The molecule has 3 aromatic heterocycles. The highest BCUT2D eigenvalue weighted by molar-refractivity contribution is 5.72. The number of nitrogens with zero attached hydrogens (tertiary/aromatic N) is 5. The van der Waals surface area contributed by atoms with Crippen molar-refractivity contribution in [2.24, 2.45) is 7.05 Å². The Morgan fingerprint density at radius 2 is 2.24 bits per heavy atom. The molecule has 0 aliphatic heterocycles. The van der Waals surface area contributed by atoms with Crippen LogP contribution in [0, 0.1) is 0 Å². The minimum Gasteiger partial charge on any atom is -0.468 e. The van der Waals surface area contributed by atoms with Gasteiger partial charge >= 0.3 is 0 Å². The maximum absolute atomic E-state index is 12.5. The highest BCUT2D eigenvalue weighted by Gasteiger charge is 2.19. The molecular formula is C14H17N5O2. The molecule has 0 saturated heterocycles. The molecule has 0 saturated carbocycles. The summed E-state index contributed by atoms with van der Waals surface area (Å²) in [6.07, 6.45) is 4.75. The Labute approximate surface area is 121 Å². The summed E-state index contributed by atoms with van der Waals surface area (Å²) in [6, 6.07) is 3.72. The fourth-order valence-corrected chi connectivity index (χ4v) is 2.37. The molecule has 7 heteroatoms. The maximum Gasteiger partial charge on any atom is 0.264 e. The van der Waals surface area contributed by atoms with Crippen molar-refractivity contribution in [1.29, 1.82) is 0 Å². The van der Waals surface area contributed by atoms with Gasteiger partial charge in [-0.1, -0.05) is 0 Å². The second kappa shape index (κ2) is 5.17. The predicted octanol–water partition coefficient (Wildman–Crippen LogP) is 1.03. The smallest absolute Gasteiger partial charge is 0.264 e. The van der Waals surface area contributed by atoms with Crippen molar-refractivity contribution in [3.8, 4) is 0 Å². The van der Waals surface area contributed by atoms with Crippen LogP contribution in [-0.4, -0.2) is 38.3 Å². The number of aromatic nitrogens is 4. The summed E-state index contributed by atoms with van der Waals surface area (Å²) in [7, 11) is 5.67. The van der Waals surface area contributed by atoms with Crippen LogP contribution in [0.4, 0.5) is 0 Å². The first kappa shape index (κ1) is 13.6. The molecule has 7 nitrogen and oxygen atoms in total. The van der Waals surface area contributed by atoms with Crippen LogP contribution in [-0.2, 0) is 13.6 Å². The monoisotopic (exact) mass is 287 g/mol. The number of hydrogen-bond donors (Lipinski definition) is 0. The summed E-state index contributed by atoms with van der Waals surface area (Å²) in [5.41, 5.74) is 0.502. The molecule has 1 unspecified atom stereocenters. The van der Waals surface area contributed by atoms with Crippen LogP contribution in [0.1, 0.15) is 11.8 Å². The lowest BCUT2D eigenvalue weighted by Crippen LogP contribution is -2.30. The van der Waals surface area contributed by atoms with E-state index in [2.05, 4.69) is 10.1 Å². The number of aryl methyl sites for hydroxylation is 1. The Hall–Kier alpha value is -2.41. The Morgan fingerprint density at radius 3 is 2.90 bits per heavy atom. The molecule has 0 N–H and O–H groups in total. The highest BCUT2D eigenvalue weighted by atomic mass is 16.3. The van der Waals surface area contributed by atoms with Crippen LogP contribution < -0.4 is 5.56 Å². The molecule has 3 aromatic rings. The summed E-state index contributed by atoms with van der Waals surface area (Å²) in [4.78, 5) is 18.8. The lowest BCUT2D eigenvalue weighted by Gasteiger charge is -2.22. The van der Waals surface area contributed by atoms with Gasteiger partial charge in [-0.2, -0.15) is 5.10 Å². The average molecular weight is 287 g/mol. The molecule has 3 rings (SSSR count). The molecule has 0 aromatic carbocycles. The van der Waals surface area contributed by atoms with Crippen LogP contribution in [0.3, 0.4) is 0 Å². The Balaban J connectivity index is 2.00. The molecule has 0 bridgehead atoms. The van der Waals surface area contributed by atoms with Crippen molar-refractivity contribution in [1.82, 2.24) is 24.2 Å². The number of likely N-dealkylation sites (N-methyl/N-ethyl adjacent to an activating group) is 1. The third kappa shape index (κ3) is 2.36. The maximum atomic E-state index is 12.5. The van der Waals surface area contributed by atoms with Crippen LogP contribution >= 0.6 is 0 Å². The normalized spacial score (nSPS) is 13.1. The third-order valence-corrected chi connectivity index (χ3v) is 3.58. The van der Waals surface area contributed by atoms with E-state index in [1.165, 1.54) is 0 Å². The molecule has 3 heterocycles. The van der Waals surface area contributed by atoms with Crippen molar-refractivity contribution in [3.63, 3.8) is 0 Å². The van der Waals surface area contributed by atoms with Gasteiger partial charge in [-0.15, -0.1) is 0 Å². The highest BCUT2D eigenvalue weighted by Crippen LogP contribution is 2.20. The Morgan fingerprint density at radius 1 is 1.43 bits per heavy atom. The fourth-order valence-electron chi connectivity index (χ4n) is 2.37. The molecule has 0 amide bonds. The second-order valence-electron chi connectivity index (χ2n) is 5.20. The van der Waals surface area contributed by atoms with Crippen molar-refractivity contribution < 1.29 is 4.42 Å². The summed E-state index contributed by atoms with van der Waals surface area (Å²) in [5, 5.41) is 4.60. The number of rotatable bonds is 4. The molecule has 110 valence electrons.